The highest BCUT2D eigenvalue weighted by atomic mass is 32.2. The van der Waals surface area contributed by atoms with Crippen molar-refractivity contribution in [2.24, 2.45) is 0 Å². The zero-order valence-electron chi connectivity index (χ0n) is 17.1. The molecule has 0 N–H and O–H groups in total. The second-order valence-electron chi connectivity index (χ2n) is 7.30. The van der Waals surface area contributed by atoms with E-state index in [1.54, 1.807) is 23.5 Å². The second-order valence-corrected chi connectivity index (χ2v) is 9.06. The molecule has 2 heteroatoms. The summed E-state index contributed by atoms with van der Waals surface area (Å²) in [7, 11) is 0. The standard InChI is InChI=1S/C28H22S2/c1-29-21-15-11-19(12-16-21)27-23-7-3-5-9-25(23)28(26-10-6-4-8-24(26)27)20-13-17-22(30-2)18-14-20/h3-18H,1-2H3. The van der Waals surface area contributed by atoms with Gasteiger partial charge < -0.3 is 0 Å². The van der Waals surface area contributed by atoms with Crippen LogP contribution in [0.15, 0.2) is 107 Å². The van der Waals surface area contributed by atoms with Crippen molar-refractivity contribution in [1.29, 1.82) is 0 Å². The molecule has 5 aromatic carbocycles. The minimum absolute atomic E-state index is 1.27. The molecule has 5 rings (SSSR count). The first-order valence-corrected chi connectivity index (χ1v) is 12.5. The summed E-state index contributed by atoms with van der Waals surface area (Å²) in [6.45, 7) is 0. The van der Waals surface area contributed by atoms with Crippen LogP contribution in [-0.4, -0.2) is 12.5 Å². The molecule has 0 spiro atoms. The highest BCUT2D eigenvalue weighted by molar-refractivity contribution is 7.98. The lowest BCUT2D eigenvalue weighted by Crippen LogP contribution is -1.90. The monoisotopic (exact) mass is 422 g/mol. The van der Waals surface area contributed by atoms with Crippen LogP contribution in [0.3, 0.4) is 0 Å². The Morgan fingerprint density at radius 2 is 0.700 bits per heavy atom. The van der Waals surface area contributed by atoms with Crippen LogP contribution in [0, 0.1) is 0 Å². The molecule has 0 aliphatic carbocycles. The molecule has 146 valence electrons. The summed E-state index contributed by atoms with van der Waals surface area (Å²) in [5, 5.41) is 5.21. The van der Waals surface area contributed by atoms with Gasteiger partial charge >= 0.3 is 0 Å². The molecule has 0 saturated carbocycles. The summed E-state index contributed by atoms with van der Waals surface area (Å²) in [4.78, 5) is 2.58. The van der Waals surface area contributed by atoms with Crippen molar-refractivity contribution in [3.05, 3.63) is 97.1 Å². The van der Waals surface area contributed by atoms with Crippen LogP contribution >= 0.6 is 23.5 Å². The van der Waals surface area contributed by atoms with Crippen molar-refractivity contribution in [1.82, 2.24) is 0 Å². The third-order valence-electron chi connectivity index (χ3n) is 5.69. The minimum atomic E-state index is 1.27. The molecule has 5 aromatic rings. The van der Waals surface area contributed by atoms with Crippen LogP contribution in [0.2, 0.25) is 0 Å². The van der Waals surface area contributed by atoms with Crippen molar-refractivity contribution in [2.45, 2.75) is 9.79 Å². The zero-order valence-corrected chi connectivity index (χ0v) is 18.7. The molecule has 0 fully saturated rings. The lowest BCUT2D eigenvalue weighted by Gasteiger charge is -2.18. The fraction of sp³-hybridized carbons (Fsp3) is 0.0714. The minimum Gasteiger partial charge on any atom is -0.130 e. The van der Waals surface area contributed by atoms with E-state index in [-0.39, 0.29) is 0 Å². The van der Waals surface area contributed by atoms with E-state index in [0.717, 1.165) is 0 Å². The van der Waals surface area contributed by atoms with Crippen LogP contribution < -0.4 is 0 Å². The SMILES string of the molecule is CSc1ccc(-c2c3ccccc3c(-c3ccc(SC)cc3)c3ccccc23)cc1. The van der Waals surface area contributed by atoms with Gasteiger partial charge in [-0.25, -0.2) is 0 Å². The Morgan fingerprint density at radius 3 is 0.967 bits per heavy atom. The van der Waals surface area contributed by atoms with Gasteiger partial charge in [0.25, 0.3) is 0 Å². The topological polar surface area (TPSA) is 0 Å². The Bertz CT molecular complexity index is 1170. The van der Waals surface area contributed by atoms with Crippen LogP contribution in [0.1, 0.15) is 0 Å². The van der Waals surface area contributed by atoms with E-state index in [1.165, 1.54) is 53.6 Å². The van der Waals surface area contributed by atoms with Crippen molar-refractivity contribution in [2.75, 3.05) is 12.5 Å². The Kier molecular flexibility index (Phi) is 5.28. The predicted octanol–water partition coefficient (Wildman–Crippen LogP) is 8.77. The molecule has 0 nitrogen and oxygen atoms in total. The number of hydrogen-bond donors (Lipinski definition) is 0. The number of hydrogen-bond acceptors (Lipinski definition) is 2. The lowest BCUT2D eigenvalue weighted by atomic mass is 9.86. The molecule has 0 aliphatic rings. The molecule has 0 radical (unpaired) electrons. The van der Waals surface area contributed by atoms with E-state index < -0.39 is 0 Å². The maximum Gasteiger partial charge on any atom is 0.00695 e. The Morgan fingerprint density at radius 1 is 0.400 bits per heavy atom. The summed E-state index contributed by atoms with van der Waals surface area (Å²) >= 11 is 3.56. The van der Waals surface area contributed by atoms with Crippen LogP contribution in [0.25, 0.3) is 43.8 Å². The van der Waals surface area contributed by atoms with Gasteiger partial charge in [0.05, 0.1) is 0 Å². The van der Waals surface area contributed by atoms with Gasteiger partial charge in [-0.2, -0.15) is 0 Å². The Balaban J connectivity index is 1.88. The van der Waals surface area contributed by atoms with Gasteiger partial charge in [0.15, 0.2) is 0 Å². The summed E-state index contributed by atoms with van der Waals surface area (Å²) < 4.78 is 0. The quantitative estimate of drug-likeness (QED) is 0.210. The summed E-state index contributed by atoms with van der Waals surface area (Å²) in [5.74, 6) is 0. The number of benzene rings is 5. The van der Waals surface area contributed by atoms with Crippen molar-refractivity contribution < 1.29 is 0 Å². The molecule has 0 saturated heterocycles. The average molecular weight is 423 g/mol. The smallest absolute Gasteiger partial charge is 0.00695 e. The first-order valence-electron chi connectivity index (χ1n) is 10.0. The summed E-state index contributed by atoms with van der Waals surface area (Å²) in [6, 6.07) is 35.6. The van der Waals surface area contributed by atoms with Gasteiger partial charge in [-0.05, 0) is 80.6 Å². The second kappa shape index (κ2) is 8.22. The fourth-order valence-corrected chi connectivity index (χ4v) is 5.08. The highest BCUT2D eigenvalue weighted by Crippen LogP contribution is 2.43. The number of rotatable bonds is 4. The first kappa shape index (κ1) is 19.3. The largest absolute Gasteiger partial charge is 0.130 e. The van der Waals surface area contributed by atoms with E-state index in [0.29, 0.717) is 0 Å². The molecule has 0 aliphatic heterocycles. The molecule has 30 heavy (non-hydrogen) atoms. The van der Waals surface area contributed by atoms with Gasteiger partial charge in [-0.15, -0.1) is 23.5 Å². The molecule has 0 bridgehead atoms. The normalized spacial score (nSPS) is 11.3. The van der Waals surface area contributed by atoms with Crippen molar-refractivity contribution >= 4 is 45.1 Å². The van der Waals surface area contributed by atoms with E-state index in [4.69, 9.17) is 0 Å². The molecular formula is C28H22S2. The van der Waals surface area contributed by atoms with E-state index in [1.807, 2.05) is 0 Å². The molecule has 0 amide bonds. The van der Waals surface area contributed by atoms with Gasteiger partial charge in [0.2, 0.25) is 0 Å². The number of fused-ring (bicyclic) bond motifs is 2. The molecular weight excluding hydrogens is 400 g/mol. The van der Waals surface area contributed by atoms with Crippen molar-refractivity contribution in [3.63, 3.8) is 0 Å². The number of thioether (sulfide) groups is 2. The van der Waals surface area contributed by atoms with Gasteiger partial charge in [-0.1, -0.05) is 72.8 Å². The van der Waals surface area contributed by atoms with Crippen molar-refractivity contribution in [3.8, 4) is 22.3 Å². The van der Waals surface area contributed by atoms with E-state index >= 15 is 0 Å². The highest BCUT2D eigenvalue weighted by Gasteiger charge is 2.16. The van der Waals surface area contributed by atoms with Crippen LogP contribution in [0.4, 0.5) is 0 Å². The van der Waals surface area contributed by atoms with Gasteiger partial charge in [0.1, 0.15) is 0 Å². The lowest BCUT2D eigenvalue weighted by molar-refractivity contribution is 1.47. The summed E-state index contributed by atoms with van der Waals surface area (Å²) in [6.07, 6.45) is 4.24. The molecule has 0 unspecified atom stereocenters. The average Bonchev–Trinajstić information content (AvgIpc) is 2.82. The Labute approximate surface area is 186 Å². The summed E-state index contributed by atoms with van der Waals surface area (Å²) in [5.41, 5.74) is 5.17. The van der Waals surface area contributed by atoms with Gasteiger partial charge in [-0.3, -0.25) is 0 Å². The fourth-order valence-electron chi connectivity index (χ4n) is 4.27. The van der Waals surface area contributed by atoms with Crippen LogP contribution in [-0.2, 0) is 0 Å². The maximum atomic E-state index is 2.26. The molecule has 0 heterocycles. The zero-order chi connectivity index (χ0) is 20.5. The van der Waals surface area contributed by atoms with Gasteiger partial charge in [0, 0.05) is 9.79 Å². The van der Waals surface area contributed by atoms with E-state index in [2.05, 4.69) is 110 Å². The first-order chi connectivity index (χ1) is 14.8. The molecule has 0 atom stereocenters. The maximum absolute atomic E-state index is 2.26. The van der Waals surface area contributed by atoms with Crippen LogP contribution in [0.5, 0.6) is 0 Å². The Hall–Kier alpha value is -2.68. The molecule has 0 aromatic heterocycles. The third-order valence-corrected chi connectivity index (χ3v) is 7.18. The predicted molar refractivity (Wildman–Crippen MR) is 136 cm³/mol. The van der Waals surface area contributed by atoms with E-state index in [9.17, 15) is 0 Å². The third kappa shape index (κ3) is 3.30.